The first-order valence-corrected chi connectivity index (χ1v) is 6.81. The number of ether oxygens (including phenoxy) is 1. The van der Waals surface area contributed by atoms with Gasteiger partial charge in [0, 0.05) is 13.1 Å². The highest BCUT2D eigenvalue weighted by Gasteiger charge is 2.29. The number of aliphatic carboxylic acids is 1. The van der Waals surface area contributed by atoms with Crippen LogP contribution in [0.5, 0.6) is 0 Å². The molecule has 2 aliphatic rings. The van der Waals surface area contributed by atoms with Gasteiger partial charge < -0.3 is 14.7 Å². The SMILES string of the molecule is O=C(O)C1CCCN(C(=O)OCC2CCCC2)C1. The Bertz CT molecular complexity index is 312. The zero-order valence-electron chi connectivity index (χ0n) is 10.6. The van der Waals surface area contributed by atoms with E-state index in [2.05, 4.69) is 0 Å². The van der Waals surface area contributed by atoms with Gasteiger partial charge in [-0.15, -0.1) is 0 Å². The second kappa shape index (κ2) is 6.07. The Morgan fingerprint density at radius 1 is 1.17 bits per heavy atom. The monoisotopic (exact) mass is 255 g/mol. The van der Waals surface area contributed by atoms with Gasteiger partial charge in [-0.25, -0.2) is 4.79 Å². The Balaban J connectivity index is 1.75. The molecule has 1 aliphatic carbocycles. The Morgan fingerprint density at radius 2 is 1.89 bits per heavy atom. The van der Waals surface area contributed by atoms with Gasteiger partial charge in [0.15, 0.2) is 0 Å². The molecule has 0 aromatic rings. The van der Waals surface area contributed by atoms with Gasteiger partial charge in [-0.1, -0.05) is 12.8 Å². The molecule has 1 aliphatic heterocycles. The predicted octanol–water partition coefficient (Wildman–Crippen LogP) is 2.11. The van der Waals surface area contributed by atoms with Crippen LogP contribution in [0.15, 0.2) is 0 Å². The van der Waals surface area contributed by atoms with Crippen molar-refractivity contribution in [3.8, 4) is 0 Å². The van der Waals surface area contributed by atoms with Crippen LogP contribution in [0.4, 0.5) is 4.79 Å². The van der Waals surface area contributed by atoms with Crippen LogP contribution in [0, 0.1) is 11.8 Å². The summed E-state index contributed by atoms with van der Waals surface area (Å²) in [6.07, 6.45) is 5.81. The number of rotatable bonds is 3. The Kier molecular flexibility index (Phi) is 4.44. The number of hydrogen-bond acceptors (Lipinski definition) is 3. The molecular weight excluding hydrogens is 234 g/mol. The van der Waals surface area contributed by atoms with Crippen molar-refractivity contribution in [3.05, 3.63) is 0 Å². The molecule has 0 aromatic heterocycles. The van der Waals surface area contributed by atoms with Crippen molar-refractivity contribution in [2.24, 2.45) is 11.8 Å². The molecule has 0 aromatic carbocycles. The van der Waals surface area contributed by atoms with Crippen LogP contribution in [0.25, 0.3) is 0 Å². The lowest BCUT2D eigenvalue weighted by Gasteiger charge is -2.30. The second-order valence-corrected chi connectivity index (χ2v) is 5.35. The average molecular weight is 255 g/mol. The van der Waals surface area contributed by atoms with Crippen LogP contribution in [0.1, 0.15) is 38.5 Å². The molecule has 5 nitrogen and oxygen atoms in total. The second-order valence-electron chi connectivity index (χ2n) is 5.35. The maximum atomic E-state index is 11.8. The predicted molar refractivity (Wildman–Crippen MR) is 65.2 cm³/mol. The minimum absolute atomic E-state index is 0.291. The third kappa shape index (κ3) is 3.37. The van der Waals surface area contributed by atoms with Gasteiger partial charge in [0.2, 0.25) is 0 Å². The van der Waals surface area contributed by atoms with E-state index >= 15 is 0 Å². The topological polar surface area (TPSA) is 66.8 Å². The number of carbonyl (C=O) groups excluding carboxylic acids is 1. The first kappa shape index (κ1) is 13.2. The van der Waals surface area contributed by atoms with Crippen molar-refractivity contribution >= 4 is 12.1 Å². The first-order chi connectivity index (χ1) is 8.66. The number of nitrogens with zero attached hydrogens (tertiary/aromatic N) is 1. The van der Waals surface area contributed by atoms with E-state index < -0.39 is 11.9 Å². The highest BCUT2D eigenvalue weighted by Crippen LogP contribution is 2.25. The average Bonchev–Trinajstić information content (AvgIpc) is 2.89. The number of carboxylic acid groups (broad SMARTS) is 1. The van der Waals surface area contributed by atoms with Gasteiger partial charge in [-0.2, -0.15) is 0 Å². The first-order valence-electron chi connectivity index (χ1n) is 6.81. The summed E-state index contributed by atoms with van der Waals surface area (Å²) in [7, 11) is 0. The van der Waals surface area contributed by atoms with E-state index in [-0.39, 0.29) is 6.09 Å². The molecule has 2 fully saturated rings. The molecule has 1 N–H and O–H groups in total. The zero-order chi connectivity index (χ0) is 13.0. The number of likely N-dealkylation sites (tertiary alicyclic amines) is 1. The van der Waals surface area contributed by atoms with Gasteiger partial charge in [0.1, 0.15) is 0 Å². The maximum Gasteiger partial charge on any atom is 0.409 e. The van der Waals surface area contributed by atoms with E-state index in [1.807, 2.05) is 0 Å². The molecule has 1 saturated heterocycles. The fourth-order valence-corrected chi connectivity index (χ4v) is 2.80. The summed E-state index contributed by atoms with van der Waals surface area (Å²) in [6.45, 7) is 1.40. The Labute approximate surface area is 107 Å². The van der Waals surface area contributed by atoms with E-state index in [4.69, 9.17) is 9.84 Å². The number of piperidine rings is 1. The van der Waals surface area contributed by atoms with Gasteiger partial charge >= 0.3 is 12.1 Å². The van der Waals surface area contributed by atoms with E-state index in [1.165, 1.54) is 17.7 Å². The minimum atomic E-state index is -0.816. The van der Waals surface area contributed by atoms with Crippen molar-refractivity contribution in [2.45, 2.75) is 38.5 Å². The summed E-state index contributed by atoms with van der Waals surface area (Å²) in [5.41, 5.74) is 0. The van der Waals surface area contributed by atoms with Gasteiger partial charge in [0.05, 0.1) is 12.5 Å². The number of carboxylic acids is 1. The fraction of sp³-hybridized carbons (Fsp3) is 0.846. The summed E-state index contributed by atoms with van der Waals surface area (Å²) in [5.74, 6) is -0.741. The maximum absolute atomic E-state index is 11.8. The molecule has 5 heteroatoms. The van der Waals surface area contributed by atoms with E-state index in [9.17, 15) is 9.59 Å². The van der Waals surface area contributed by atoms with E-state index in [0.717, 1.165) is 19.3 Å². The fourth-order valence-electron chi connectivity index (χ4n) is 2.80. The van der Waals surface area contributed by atoms with Crippen molar-refractivity contribution in [1.82, 2.24) is 4.90 Å². The third-order valence-corrected chi connectivity index (χ3v) is 3.95. The molecule has 1 amide bonds. The molecule has 0 bridgehead atoms. The molecule has 1 saturated carbocycles. The largest absolute Gasteiger partial charge is 0.481 e. The lowest BCUT2D eigenvalue weighted by atomic mass is 9.99. The molecule has 102 valence electrons. The molecule has 1 unspecified atom stereocenters. The van der Waals surface area contributed by atoms with Gasteiger partial charge in [-0.3, -0.25) is 4.79 Å². The molecule has 2 rings (SSSR count). The molecule has 0 radical (unpaired) electrons. The van der Waals surface area contributed by atoms with Gasteiger partial charge in [-0.05, 0) is 31.6 Å². The van der Waals surface area contributed by atoms with Crippen molar-refractivity contribution in [2.75, 3.05) is 19.7 Å². The van der Waals surface area contributed by atoms with Crippen molar-refractivity contribution < 1.29 is 19.4 Å². The molecule has 18 heavy (non-hydrogen) atoms. The zero-order valence-corrected chi connectivity index (χ0v) is 10.6. The summed E-state index contributed by atoms with van der Waals surface area (Å²) >= 11 is 0. The quantitative estimate of drug-likeness (QED) is 0.838. The number of carbonyl (C=O) groups is 2. The van der Waals surface area contributed by atoms with E-state index in [1.54, 1.807) is 0 Å². The Hall–Kier alpha value is -1.26. The summed E-state index contributed by atoms with van der Waals surface area (Å²) < 4.78 is 5.29. The van der Waals surface area contributed by atoms with Crippen molar-refractivity contribution in [1.29, 1.82) is 0 Å². The molecule has 0 spiro atoms. The highest BCUT2D eigenvalue weighted by atomic mass is 16.6. The molecular formula is C13H21NO4. The van der Waals surface area contributed by atoms with Crippen molar-refractivity contribution in [3.63, 3.8) is 0 Å². The normalized spacial score (nSPS) is 25.1. The van der Waals surface area contributed by atoms with Crippen LogP contribution in [-0.2, 0) is 9.53 Å². The summed E-state index contributed by atoms with van der Waals surface area (Å²) in [5, 5.41) is 8.96. The van der Waals surface area contributed by atoms with Crippen LogP contribution >= 0.6 is 0 Å². The number of amides is 1. The minimum Gasteiger partial charge on any atom is -0.481 e. The Morgan fingerprint density at radius 3 is 2.56 bits per heavy atom. The molecule has 1 atom stereocenters. The van der Waals surface area contributed by atoms with Crippen LogP contribution in [0.2, 0.25) is 0 Å². The molecule has 1 heterocycles. The van der Waals surface area contributed by atoms with Crippen LogP contribution < -0.4 is 0 Å². The lowest BCUT2D eigenvalue weighted by Crippen LogP contribution is -2.42. The smallest absolute Gasteiger partial charge is 0.409 e. The standard InChI is InChI=1S/C13H21NO4/c15-12(16)11-6-3-7-14(8-11)13(17)18-9-10-4-1-2-5-10/h10-11H,1-9H2,(H,15,16). The van der Waals surface area contributed by atoms with Crippen LogP contribution in [-0.4, -0.2) is 41.8 Å². The summed E-state index contributed by atoms with van der Waals surface area (Å²) in [4.78, 5) is 24.3. The highest BCUT2D eigenvalue weighted by molar-refractivity contribution is 5.73. The number of hydrogen-bond donors (Lipinski definition) is 1. The lowest BCUT2D eigenvalue weighted by molar-refractivity contribution is -0.143. The third-order valence-electron chi connectivity index (χ3n) is 3.95. The van der Waals surface area contributed by atoms with Gasteiger partial charge in [0.25, 0.3) is 0 Å². The van der Waals surface area contributed by atoms with Crippen LogP contribution in [0.3, 0.4) is 0 Å². The van der Waals surface area contributed by atoms with E-state index in [0.29, 0.717) is 32.0 Å². The summed E-state index contributed by atoms with van der Waals surface area (Å²) in [6, 6.07) is 0.